The molecule has 0 spiro atoms. The number of aliphatic carboxylic acids is 1. The minimum absolute atomic E-state index is 0.157. The van der Waals surface area contributed by atoms with Gasteiger partial charge < -0.3 is 15.5 Å². The maximum atomic E-state index is 10.9. The first-order valence-electron chi connectivity index (χ1n) is 5.95. The van der Waals surface area contributed by atoms with Gasteiger partial charge in [-0.15, -0.1) is 0 Å². The van der Waals surface area contributed by atoms with Crippen molar-refractivity contribution in [2.75, 3.05) is 32.8 Å². The maximum Gasteiger partial charge on any atom is 0.305 e. The second kappa shape index (κ2) is 4.69. The van der Waals surface area contributed by atoms with E-state index in [1.165, 1.54) is 0 Å². The summed E-state index contributed by atoms with van der Waals surface area (Å²) in [5.74, 6) is -0.177. The number of likely N-dealkylation sites (tertiary alicyclic amines) is 1. The van der Waals surface area contributed by atoms with Crippen molar-refractivity contribution >= 4 is 5.97 Å². The molecular weight excluding hydrogens is 208 g/mol. The third kappa shape index (κ3) is 2.21. The van der Waals surface area contributed by atoms with Crippen molar-refractivity contribution < 1.29 is 15.0 Å². The van der Waals surface area contributed by atoms with Gasteiger partial charge in [0.1, 0.15) is 0 Å². The van der Waals surface area contributed by atoms with Crippen LogP contribution in [0.4, 0.5) is 0 Å². The van der Waals surface area contributed by atoms with Gasteiger partial charge in [0.15, 0.2) is 0 Å². The highest BCUT2D eigenvalue weighted by Crippen LogP contribution is 2.31. The molecule has 0 aromatic heterocycles. The van der Waals surface area contributed by atoms with E-state index in [1.54, 1.807) is 0 Å². The quantitative estimate of drug-likeness (QED) is 0.592. The van der Waals surface area contributed by atoms with E-state index in [0.717, 1.165) is 39.0 Å². The lowest BCUT2D eigenvalue weighted by Gasteiger charge is -2.48. The molecule has 3 N–H and O–H groups in total. The number of aliphatic hydroxyl groups excluding tert-OH is 1. The van der Waals surface area contributed by atoms with Crippen LogP contribution in [0.2, 0.25) is 0 Å². The van der Waals surface area contributed by atoms with Gasteiger partial charge in [0, 0.05) is 26.2 Å². The lowest BCUT2D eigenvalue weighted by molar-refractivity contribution is -0.141. The predicted octanol–water partition coefficient (Wildman–Crippen LogP) is -0.493. The van der Waals surface area contributed by atoms with Gasteiger partial charge >= 0.3 is 5.97 Å². The molecule has 1 atom stereocenters. The predicted molar refractivity (Wildman–Crippen MR) is 59.2 cm³/mol. The van der Waals surface area contributed by atoms with E-state index in [4.69, 9.17) is 10.2 Å². The molecule has 2 saturated heterocycles. The van der Waals surface area contributed by atoms with Crippen LogP contribution in [0.15, 0.2) is 0 Å². The van der Waals surface area contributed by atoms with Crippen molar-refractivity contribution in [2.45, 2.75) is 24.8 Å². The number of carboxylic acid groups (broad SMARTS) is 1. The molecule has 0 aromatic carbocycles. The van der Waals surface area contributed by atoms with Gasteiger partial charge in [-0.2, -0.15) is 0 Å². The summed E-state index contributed by atoms with van der Waals surface area (Å²) in [6.45, 7) is 3.72. The first-order valence-corrected chi connectivity index (χ1v) is 5.95. The van der Waals surface area contributed by atoms with Crippen LogP contribution >= 0.6 is 0 Å². The fourth-order valence-corrected chi connectivity index (χ4v) is 2.84. The first kappa shape index (κ1) is 11.8. The first-order chi connectivity index (χ1) is 7.66. The van der Waals surface area contributed by atoms with Gasteiger partial charge in [-0.1, -0.05) is 0 Å². The molecule has 2 aliphatic rings. The van der Waals surface area contributed by atoms with Crippen LogP contribution < -0.4 is 5.32 Å². The zero-order valence-electron chi connectivity index (χ0n) is 9.48. The molecule has 0 bridgehead atoms. The number of nitrogens with zero attached hydrogens (tertiary/aromatic N) is 1. The van der Waals surface area contributed by atoms with Crippen molar-refractivity contribution in [1.82, 2.24) is 10.2 Å². The van der Waals surface area contributed by atoms with Crippen LogP contribution in [-0.4, -0.2) is 59.4 Å². The van der Waals surface area contributed by atoms with E-state index in [0.29, 0.717) is 5.92 Å². The Kier molecular flexibility index (Phi) is 3.47. The average molecular weight is 228 g/mol. The van der Waals surface area contributed by atoms with E-state index in [1.807, 2.05) is 0 Å². The van der Waals surface area contributed by atoms with Crippen molar-refractivity contribution in [2.24, 2.45) is 5.92 Å². The maximum absolute atomic E-state index is 10.9. The molecule has 0 radical (unpaired) electrons. The lowest BCUT2D eigenvalue weighted by atomic mass is 9.86. The Hall–Kier alpha value is -0.650. The molecule has 16 heavy (non-hydrogen) atoms. The minimum atomic E-state index is -0.716. The van der Waals surface area contributed by atoms with Gasteiger partial charge in [-0.25, -0.2) is 0 Å². The third-order valence-corrected chi connectivity index (χ3v) is 3.88. The summed E-state index contributed by atoms with van der Waals surface area (Å²) in [7, 11) is 0. The zero-order chi connectivity index (χ0) is 11.6. The van der Waals surface area contributed by atoms with E-state index < -0.39 is 5.97 Å². The van der Waals surface area contributed by atoms with Gasteiger partial charge in [-0.3, -0.25) is 9.69 Å². The number of aliphatic hydroxyl groups is 1. The SMILES string of the molecule is O=C(O)CC1(N2CCC(CCO)C2)CNC1. The van der Waals surface area contributed by atoms with Gasteiger partial charge in [-0.05, 0) is 25.3 Å². The zero-order valence-corrected chi connectivity index (χ0v) is 9.48. The van der Waals surface area contributed by atoms with Crippen molar-refractivity contribution in [1.29, 1.82) is 0 Å². The molecule has 5 nitrogen and oxygen atoms in total. The Morgan fingerprint density at radius 1 is 1.50 bits per heavy atom. The van der Waals surface area contributed by atoms with E-state index in [-0.39, 0.29) is 18.6 Å². The van der Waals surface area contributed by atoms with Crippen LogP contribution in [0.25, 0.3) is 0 Å². The molecule has 0 aliphatic carbocycles. The van der Waals surface area contributed by atoms with Gasteiger partial charge in [0.25, 0.3) is 0 Å². The van der Waals surface area contributed by atoms with Crippen LogP contribution in [0.3, 0.4) is 0 Å². The summed E-state index contributed by atoms with van der Waals surface area (Å²) in [6, 6.07) is 0. The fraction of sp³-hybridized carbons (Fsp3) is 0.909. The molecule has 0 saturated carbocycles. The molecule has 2 aliphatic heterocycles. The average Bonchev–Trinajstić information content (AvgIpc) is 2.60. The Bertz CT molecular complexity index is 266. The Balaban J connectivity index is 1.93. The Morgan fingerprint density at radius 2 is 2.25 bits per heavy atom. The molecule has 2 heterocycles. The number of hydrogen-bond acceptors (Lipinski definition) is 4. The van der Waals surface area contributed by atoms with Crippen LogP contribution in [-0.2, 0) is 4.79 Å². The molecular formula is C11H20N2O3. The van der Waals surface area contributed by atoms with Crippen LogP contribution in [0.5, 0.6) is 0 Å². The summed E-state index contributed by atoms with van der Waals surface area (Å²) in [4.78, 5) is 13.2. The second-order valence-corrected chi connectivity index (χ2v) is 5.01. The summed E-state index contributed by atoms with van der Waals surface area (Å²) in [5.41, 5.74) is -0.157. The molecule has 1 unspecified atom stereocenters. The normalized spacial score (nSPS) is 28.9. The van der Waals surface area contributed by atoms with Gasteiger partial charge in [0.05, 0.1) is 12.0 Å². The molecule has 92 valence electrons. The summed E-state index contributed by atoms with van der Waals surface area (Å²) < 4.78 is 0. The molecule has 0 aromatic rings. The summed E-state index contributed by atoms with van der Waals surface area (Å²) in [6.07, 6.45) is 2.15. The van der Waals surface area contributed by atoms with E-state index in [9.17, 15) is 4.79 Å². The highest BCUT2D eigenvalue weighted by Gasteiger charge is 2.46. The topological polar surface area (TPSA) is 72.8 Å². The lowest BCUT2D eigenvalue weighted by Crippen LogP contribution is -2.69. The smallest absolute Gasteiger partial charge is 0.305 e. The fourth-order valence-electron chi connectivity index (χ4n) is 2.84. The Labute approximate surface area is 95.4 Å². The minimum Gasteiger partial charge on any atom is -0.481 e. The highest BCUT2D eigenvalue weighted by molar-refractivity contribution is 5.68. The number of hydrogen-bond donors (Lipinski definition) is 3. The van der Waals surface area contributed by atoms with Crippen molar-refractivity contribution in [3.63, 3.8) is 0 Å². The monoisotopic (exact) mass is 228 g/mol. The number of carbonyl (C=O) groups is 1. The van der Waals surface area contributed by atoms with Gasteiger partial charge in [0.2, 0.25) is 0 Å². The highest BCUT2D eigenvalue weighted by atomic mass is 16.4. The Morgan fingerprint density at radius 3 is 2.75 bits per heavy atom. The van der Waals surface area contributed by atoms with E-state index >= 15 is 0 Å². The summed E-state index contributed by atoms with van der Waals surface area (Å²) >= 11 is 0. The summed E-state index contributed by atoms with van der Waals surface area (Å²) in [5, 5.41) is 21.0. The van der Waals surface area contributed by atoms with Crippen LogP contribution in [0.1, 0.15) is 19.3 Å². The third-order valence-electron chi connectivity index (χ3n) is 3.88. The second-order valence-electron chi connectivity index (χ2n) is 5.01. The van der Waals surface area contributed by atoms with Crippen LogP contribution in [0, 0.1) is 5.92 Å². The van der Waals surface area contributed by atoms with Crippen molar-refractivity contribution in [3.05, 3.63) is 0 Å². The molecule has 2 rings (SSSR count). The number of nitrogens with one attached hydrogen (secondary N) is 1. The van der Waals surface area contributed by atoms with Crippen molar-refractivity contribution in [3.8, 4) is 0 Å². The standard InChI is InChI=1S/C11H20N2O3/c14-4-2-9-1-3-13(6-9)11(5-10(15)16)7-12-8-11/h9,12,14H,1-8H2,(H,15,16). The number of carboxylic acids is 1. The molecule has 0 amide bonds. The van der Waals surface area contributed by atoms with E-state index in [2.05, 4.69) is 10.2 Å². The number of rotatable bonds is 5. The molecule has 2 fully saturated rings. The largest absolute Gasteiger partial charge is 0.481 e. The molecule has 5 heteroatoms.